The van der Waals surface area contributed by atoms with Crippen LogP contribution in [0.5, 0.6) is 0 Å². The number of hydrogen-bond donors (Lipinski definition) is 3. The number of benzene rings is 1. The van der Waals surface area contributed by atoms with Gasteiger partial charge in [-0.25, -0.2) is 0 Å². The minimum Gasteiger partial charge on any atom is -0.399 e. The van der Waals surface area contributed by atoms with Gasteiger partial charge in [0.05, 0.1) is 6.21 Å². The highest BCUT2D eigenvalue weighted by molar-refractivity contribution is 7.80. The maximum Gasteiger partial charge on any atom is 0.184 e. The molecule has 1 aromatic carbocycles. The van der Waals surface area contributed by atoms with Gasteiger partial charge in [0.2, 0.25) is 0 Å². The number of anilines is 1. The van der Waals surface area contributed by atoms with Crippen molar-refractivity contribution in [2.45, 2.75) is 0 Å². The number of rotatable bonds is 2. The first-order valence-electron chi connectivity index (χ1n) is 3.62. The van der Waals surface area contributed by atoms with Crippen molar-refractivity contribution in [3.63, 3.8) is 0 Å². The fourth-order valence-corrected chi connectivity index (χ4v) is 0.805. The summed E-state index contributed by atoms with van der Waals surface area (Å²) in [6.45, 7) is 0. The fourth-order valence-electron chi connectivity index (χ4n) is 0.753. The van der Waals surface area contributed by atoms with Crippen molar-refractivity contribution < 1.29 is 0 Å². The fraction of sp³-hybridized carbons (Fsp3) is 0. The van der Waals surface area contributed by atoms with E-state index in [-0.39, 0.29) is 5.11 Å². The number of nitrogens with one attached hydrogen (secondary N) is 1. The Bertz CT molecular complexity index is 317. The molecule has 0 bridgehead atoms. The van der Waals surface area contributed by atoms with E-state index in [4.69, 9.17) is 11.5 Å². The van der Waals surface area contributed by atoms with Crippen LogP contribution < -0.4 is 16.9 Å². The van der Waals surface area contributed by atoms with E-state index in [1.54, 1.807) is 18.3 Å². The second-order valence-corrected chi connectivity index (χ2v) is 2.84. The van der Waals surface area contributed by atoms with Gasteiger partial charge in [0, 0.05) is 5.69 Å². The second kappa shape index (κ2) is 4.42. The Balaban J connectivity index is 2.59. The van der Waals surface area contributed by atoms with Crippen LogP contribution in [0.25, 0.3) is 0 Å². The third kappa shape index (κ3) is 3.53. The van der Waals surface area contributed by atoms with E-state index in [0.717, 1.165) is 11.3 Å². The van der Waals surface area contributed by atoms with Crippen LogP contribution in [0.4, 0.5) is 5.69 Å². The lowest BCUT2D eigenvalue weighted by Gasteiger charge is -1.95. The molecule has 0 radical (unpaired) electrons. The molecule has 0 saturated carbocycles. The maximum atomic E-state index is 5.50. The normalized spacial score (nSPS) is 10.2. The first-order chi connectivity index (χ1) is 6.18. The van der Waals surface area contributed by atoms with E-state index in [1.165, 1.54) is 0 Å². The molecule has 0 heterocycles. The molecule has 0 saturated heterocycles. The highest BCUT2D eigenvalue weighted by Gasteiger charge is 1.86. The number of hydrazone groups is 1. The topological polar surface area (TPSA) is 76.4 Å². The zero-order chi connectivity index (χ0) is 9.68. The molecule has 0 amide bonds. The summed E-state index contributed by atoms with van der Waals surface area (Å²) in [5.41, 5.74) is 14.8. The van der Waals surface area contributed by atoms with Crippen LogP contribution in [-0.4, -0.2) is 11.3 Å². The van der Waals surface area contributed by atoms with Gasteiger partial charge in [0.1, 0.15) is 0 Å². The summed E-state index contributed by atoms with van der Waals surface area (Å²) >= 11 is 4.56. The molecule has 1 rings (SSSR count). The second-order valence-electron chi connectivity index (χ2n) is 2.40. The van der Waals surface area contributed by atoms with Crippen molar-refractivity contribution in [1.29, 1.82) is 0 Å². The van der Waals surface area contributed by atoms with Crippen molar-refractivity contribution in [1.82, 2.24) is 5.43 Å². The standard InChI is InChI=1S/C8H10N4S/c9-7-3-1-6(2-4-7)5-11-12-8(10)13/h1-5H,9H2,(H3,10,12,13). The molecule has 13 heavy (non-hydrogen) atoms. The molecule has 5 N–H and O–H groups in total. The average Bonchev–Trinajstić information content (AvgIpc) is 2.08. The molecule has 0 spiro atoms. The van der Waals surface area contributed by atoms with Crippen molar-refractivity contribution in [3.05, 3.63) is 29.8 Å². The molecule has 0 aliphatic carbocycles. The molecule has 68 valence electrons. The number of hydrogen-bond acceptors (Lipinski definition) is 3. The summed E-state index contributed by atoms with van der Waals surface area (Å²) in [6, 6.07) is 7.28. The molecule has 0 aliphatic rings. The van der Waals surface area contributed by atoms with Gasteiger partial charge >= 0.3 is 0 Å². The minimum absolute atomic E-state index is 0.145. The Hall–Kier alpha value is -1.62. The van der Waals surface area contributed by atoms with Crippen molar-refractivity contribution in [2.24, 2.45) is 10.8 Å². The Morgan fingerprint density at radius 3 is 2.54 bits per heavy atom. The van der Waals surface area contributed by atoms with Crippen molar-refractivity contribution >= 4 is 29.2 Å². The molecule has 4 nitrogen and oxygen atoms in total. The smallest absolute Gasteiger partial charge is 0.184 e. The summed E-state index contributed by atoms with van der Waals surface area (Å²) in [5, 5.41) is 3.93. The Morgan fingerprint density at radius 1 is 1.38 bits per heavy atom. The first-order valence-corrected chi connectivity index (χ1v) is 4.03. The van der Waals surface area contributed by atoms with E-state index in [0.29, 0.717) is 0 Å². The van der Waals surface area contributed by atoms with Crippen LogP contribution >= 0.6 is 12.2 Å². The van der Waals surface area contributed by atoms with Gasteiger partial charge in [-0.05, 0) is 29.9 Å². The number of nitrogens with zero attached hydrogens (tertiary/aromatic N) is 1. The van der Waals surface area contributed by atoms with Crippen LogP contribution in [0.15, 0.2) is 29.4 Å². The summed E-state index contributed by atoms with van der Waals surface area (Å²) in [6.07, 6.45) is 1.61. The van der Waals surface area contributed by atoms with Gasteiger partial charge in [-0.15, -0.1) is 0 Å². The summed E-state index contributed by atoms with van der Waals surface area (Å²) in [7, 11) is 0. The number of thiocarbonyl (C=S) groups is 1. The predicted molar refractivity (Wildman–Crippen MR) is 58.4 cm³/mol. The predicted octanol–water partition coefficient (Wildman–Crippen LogP) is 0.436. The molecular formula is C8H10N4S. The highest BCUT2D eigenvalue weighted by atomic mass is 32.1. The Morgan fingerprint density at radius 2 is 2.00 bits per heavy atom. The monoisotopic (exact) mass is 194 g/mol. The molecule has 5 heteroatoms. The molecule has 1 aromatic rings. The summed E-state index contributed by atoms with van der Waals surface area (Å²) in [5.74, 6) is 0. The number of nitrogens with two attached hydrogens (primary N) is 2. The largest absolute Gasteiger partial charge is 0.399 e. The molecule has 0 fully saturated rings. The van der Waals surface area contributed by atoms with Gasteiger partial charge in [0.15, 0.2) is 5.11 Å². The SMILES string of the molecule is NC(=S)NN=Cc1ccc(N)cc1. The quantitative estimate of drug-likeness (QED) is 0.276. The van der Waals surface area contributed by atoms with Crippen LogP contribution in [0.3, 0.4) is 0 Å². The maximum absolute atomic E-state index is 5.50. The Kier molecular flexibility index (Phi) is 3.22. The van der Waals surface area contributed by atoms with Crippen LogP contribution in [0, 0.1) is 0 Å². The van der Waals surface area contributed by atoms with E-state index in [9.17, 15) is 0 Å². The summed E-state index contributed by atoms with van der Waals surface area (Å²) in [4.78, 5) is 0. The van der Waals surface area contributed by atoms with Gasteiger partial charge in [0.25, 0.3) is 0 Å². The van der Waals surface area contributed by atoms with Crippen LogP contribution in [0.2, 0.25) is 0 Å². The lowest BCUT2D eigenvalue weighted by Crippen LogP contribution is -2.23. The minimum atomic E-state index is 0.145. The van der Waals surface area contributed by atoms with Gasteiger partial charge < -0.3 is 11.5 Å². The van der Waals surface area contributed by atoms with Gasteiger partial charge in [-0.1, -0.05) is 12.1 Å². The zero-order valence-electron chi connectivity index (χ0n) is 6.90. The molecule has 0 unspecified atom stereocenters. The van der Waals surface area contributed by atoms with Gasteiger partial charge in [-0.2, -0.15) is 5.10 Å². The lowest BCUT2D eigenvalue weighted by molar-refractivity contribution is 1.04. The van der Waals surface area contributed by atoms with E-state index in [2.05, 4.69) is 22.7 Å². The van der Waals surface area contributed by atoms with Crippen molar-refractivity contribution in [2.75, 3.05) is 5.73 Å². The van der Waals surface area contributed by atoms with Crippen LogP contribution in [0.1, 0.15) is 5.56 Å². The van der Waals surface area contributed by atoms with Gasteiger partial charge in [-0.3, -0.25) is 5.43 Å². The third-order valence-corrected chi connectivity index (χ3v) is 1.42. The van der Waals surface area contributed by atoms with Crippen molar-refractivity contribution in [3.8, 4) is 0 Å². The highest BCUT2D eigenvalue weighted by Crippen LogP contribution is 2.02. The zero-order valence-corrected chi connectivity index (χ0v) is 7.71. The molecular weight excluding hydrogens is 184 g/mol. The van der Waals surface area contributed by atoms with Crippen LogP contribution in [-0.2, 0) is 0 Å². The molecule has 0 atom stereocenters. The summed E-state index contributed by atoms with van der Waals surface area (Å²) < 4.78 is 0. The molecule has 0 aromatic heterocycles. The van der Waals surface area contributed by atoms with E-state index in [1.807, 2.05) is 12.1 Å². The number of nitrogen functional groups attached to an aromatic ring is 1. The lowest BCUT2D eigenvalue weighted by atomic mass is 10.2. The van der Waals surface area contributed by atoms with E-state index >= 15 is 0 Å². The third-order valence-electron chi connectivity index (χ3n) is 1.32. The first kappa shape index (κ1) is 9.47. The Labute approximate surface area is 81.6 Å². The van der Waals surface area contributed by atoms with E-state index < -0.39 is 0 Å². The average molecular weight is 194 g/mol. The molecule has 0 aliphatic heterocycles.